The first-order chi connectivity index (χ1) is 15.9. The first-order valence-electron chi connectivity index (χ1n) is 10.8. The lowest BCUT2D eigenvalue weighted by Gasteiger charge is -2.26. The standard InChI is InChI=1S/C23H27N5O4S/c1-18(20-5-7-21(8-6-20)28-17-24-16-25-28)26-23(29)11-4-19-2-9-22(10-3-19)33(30,31)27-12-14-32-15-13-27/h2-3,5-10,16-18H,4,11-15H2,1H3,(H,26,29)/t18-/m0/s1. The van der Waals surface area contributed by atoms with Crippen LogP contribution in [0.15, 0.2) is 66.1 Å². The summed E-state index contributed by atoms with van der Waals surface area (Å²) in [6.45, 7) is 3.50. The van der Waals surface area contributed by atoms with Gasteiger partial charge in [-0.3, -0.25) is 4.79 Å². The maximum absolute atomic E-state index is 12.7. The van der Waals surface area contributed by atoms with Gasteiger partial charge in [0.15, 0.2) is 0 Å². The van der Waals surface area contributed by atoms with Crippen molar-refractivity contribution in [3.05, 3.63) is 72.3 Å². The van der Waals surface area contributed by atoms with E-state index < -0.39 is 10.0 Å². The van der Waals surface area contributed by atoms with Crippen molar-refractivity contribution in [1.82, 2.24) is 24.4 Å². The largest absolute Gasteiger partial charge is 0.379 e. The normalized spacial score (nSPS) is 15.8. The van der Waals surface area contributed by atoms with Crippen LogP contribution in [0.1, 0.15) is 30.5 Å². The van der Waals surface area contributed by atoms with Crippen LogP contribution in [0, 0.1) is 0 Å². The number of hydrogen-bond acceptors (Lipinski definition) is 6. The van der Waals surface area contributed by atoms with Crippen molar-refractivity contribution in [2.24, 2.45) is 0 Å². The van der Waals surface area contributed by atoms with Crippen LogP contribution in [0.4, 0.5) is 0 Å². The summed E-state index contributed by atoms with van der Waals surface area (Å²) in [5.41, 5.74) is 2.80. The van der Waals surface area contributed by atoms with Crippen LogP contribution in [-0.4, -0.2) is 59.7 Å². The molecule has 0 saturated carbocycles. The molecule has 174 valence electrons. The third-order valence-corrected chi connectivity index (χ3v) is 7.54. The smallest absolute Gasteiger partial charge is 0.243 e. The van der Waals surface area contributed by atoms with Crippen LogP contribution >= 0.6 is 0 Å². The third-order valence-electron chi connectivity index (χ3n) is 5.63. The molecule has 2 heterocycles. The number of nitrogens with zero attached hydrogens (tertiary/aromatic N) is 4. The van der Waals surface area contributed by atoms with Gasteiger partial charge in [-0.25, -0.2) is 18.1 Å². The molecule has 1 atom stereocenters. The topological polar surface area (TPSA) is 106 Å². The van der Waals surface area contributed by atoms with E-state index in [4.69, 9.17) is 4.74 Å². The molecule has 1 aliphatic rings. The van der Waals surface area contributed by atoms with Crippen LogP contribution < -0.4 is 5.32 Å². The highest BCUT2D eigenvalue weighted by Crippen LogP contribution is 2.19. The Hall–Kier alpha value is -3.08. The predicted octanol–water partition coefficient (Wildman–Crippen LogP) is 2.10. The summed E-state index contributed by atoms with van der Waals surface area (Å²) in [7, 11) is -3.51. The van der Waals surface area contributed by atoms with Crippen molar-refractivity contribution in [1.29, 1.82) is 0 Å². The van der Waals surface area contributed by atoms with E-state index in [1.807, 2.05) is 31.2 Å². The number of carbonyl (C=O) groups is 1. The van der Waals surface area contributed by atoms with E-state index in [1.165, 1.54) is 10.6 Å². The van der Waals surface area contributed by atoms with Crippen LogP contribution in [0.3, 0.4) is 0 Å². The summed E-state index contributed by atoms with van der Waals surface area (Å²) in [4.78, 5) is 16.6. The molecule has 0 unspecified atom stereocenters. The van der Waals surface area contributed by atoms with E-state index in [-0.39, 0.29) is 16.8 Å². The van der Waals surface area contributed by atoms with Crippen molar-refractivity contribution in [2.45, 2.75) is 30.7 Å². The molecule has 3 aromatic rings. The van der Waals surface area contributed by atoms with Crippen molar-refractivity contribution in [3.8, 4) is 5.69 Å². The van der Waals surface area contributed by atoms with Gasteiger partial charge < -0.3 is 10.1 Å². The number of hydrogen-bond donors (Lipinski definition) is 1. The highest BCUT2D eigenvalue weighted by molar-refractivity contribution is 7.89. The number of aromatic nitrogens is 3. The Balaban J connectivity index is 1.28. The second-order valence-corrected chi connectivity index (χ2v) is 9.82. The minimum atomic E-state index is -3.51. The Labute approximate surface area is 193 Å². The van der Waals surface area contributed by atoms with E-state index in [9.17, 15) is 13.2 Å². The highest BCUT2D eigenvalue weighted by Gasteiger charge is 2.26. The Bertz CT molecular complexity index is 1160. The van der Waals surface area contributed by atoms with Gasteiger partial charge in [-0.05, 0) is 48.7 Å². The Morgan fingerprint density at radius 3 is 2.42 bits per heavy atom. The quantitative estimate of drug-likeness (QED) is 0.542. The van der Waals surface area contributed by atoms with Crippen molar-refractivity contribution in [2.75, 3.05) is 26.3 Å². The maximum atomic E-state index is 12.7. The molecule has 1 aliphatic heterocycles. The zero-order valence-corrected chi connectivity index (χ0v) is 19.2. The maximum Gasteiger partial charge on any atom is 0.243 e. The van der Waals surface area contributed by atoms with Gasteiger partial charge in [0, 0.05) is 19.5 Å². The number of carbonyl (C=O) groups excluding carboxylic acids is 1. The second kappa shape index (κ2) is 10.2. The zero-order chi connectivity index (χ0) is 23.3. The van der Waals surface area contributed by atoms with Gasteiger partial charge in [0.2, 0.25) is 15.9 Å². The monoisotopic (exact) mass is 469 g/mol. The van der Waals surface area contributed by atoms with Crippen LogP contribution in [0.2, 0.25) is 0 Å². The number of benzene rings is 2. The van der Waals surface area contributed by atoms with Gasteiger partial charge in [0.05, 0.1) is 29.8 Å². The second-order valence-electron chi connectivity index (χ2n) is 7.88. The predicted molar refractivity (Wildman–Crippen MR) is 122 cm³/mol. The van der Waals surface area contributed by atoms with Gasteiger partial charge in [-0.2, -0.15) is 9.40 Å². The van der Waals surface area contributed by atoms with Crippen molar-refractivity contribution in [3.63, 3.8) is 0 Å². The molecule has 1 N–H and O–H groups in total. The number of ether oxygens (including phenoxy) is 1. The fraction of sp³-hybridized carbons (Fsp3) is 0.348. The van der Waals surface area contributed by atoms with E-state index >= 15 is 0 Å². The number of morpholine rings is 1. The molecule has 0 radical (unpaired) electrons. The molecule has 1 saturated heterocycles. The molecule has 1 aromatic heterocycles. The van der Waals surface area contributed by atoms with E-state index in [0.717, 1.165) is 16.8 Å². The fourth-order valence-corrected chi connectivity index (χ4v) is 5.08. The van der Waals surface area contributed by atoms with Crippen LogP contribution in [-0.2, 0) is 26.0 Å². The average molecular weight is 470 g/mol. The summed E-state index contributed by atoms with van der Waals surface area (Å²) >= 11 is 0. The molecular weight excluding hydrogens is 442 g/mol. The molecule has 9 nitrogen and oxygen atoms in total. The molecule has 2 aromatic carbocycles. The number of aryl methyl sites for hydroxylation is 1. The Kier molecular flexibility index (Phi) is 7.17. The third kappa shape index (κ3) is 5.65. The Morgan fingerprint density at radius 2 is 1.79 bits per heavy atom. The van der Waals surface area contributed by atoms with Gasteiger partial charge >= 0.3 is 0 Å². The van der Waals surface area contributed by atoms with Crippen molar-refractivity contribution >= 4 is 15.9 Å². The van der Waals surface area contributed by atoms with Crippen LogP contribution in [0.25, 0.3) is 5.69 Å². The molecule has 0 aliphatic carbocycles. The lowest BCUT2D eigenvalue weighted by Crippen LogP contribution is -2.40. The van der Waals surface area contributed by atoms with Gasteiger partial charge in [-0.1, -0.05) is 24.3 Å². The molecule has 0 spiro atoms. The first-order valence-corrected chi connectivity index (χ1v) is 12.3. The summed E-state index contributed by atoms with van der Waals surface area (Å²) < 4.78 is 33.8. The fourth-order valence-electron chi connectivity index (χ4n) is 3.68. The number of amides is 1. The van der Waals surface area contributed by atoms with E-state index in [1.54, 1.807) is 35.3 Å². The SMILES string of the molecule is C[C@H](NC(=O)CCc1ccc(S(=O)(=O)N2CCOCC2)cc1)c1ccc(-n2cncn2)cc1. The van der Waals surface area contributed by atoms with Gasteiger partial charge in [-0.15, -0.1) is 0 Å². The summed E-state index contributed by atoms with van der Waals surface area (Å²) in [5.74, 6) is -0.0622. The van der Waals surface area contributed by atoms with E-state index in [0.29, 0.717) is 39.1 Å². The average Bonchev–Trinajstić information content (AvgIpc) is 3.39. The van der Waals surface area contributed by atoms with Gasteiger partial charge in [0.25, 0.3) is 0 Å². The minimum Gasteiger partial charge on any atom is -0.379 e. The molecule has 10 heteroatoms. The summed E-state index contributed by atoms with van der Waals surface area (Å²) in [6.07, 6.45) is 3.96. The van der Waals surface area contributed by atoms with E-state index in [2.05, 4.69) is 15.4 Å². The lowest BCUT2D eigenvalue weighted by atomic mass is 10.1. The number of sulfonamides is 1. The van der Waals surface area contributed by atoms with Crippen LogP contribution in [0.5, 0.6) is 0 Å². The molecular formula is C23H27N5O4S. The molecule has 1 fully saturated rings. The number of nitrogens with one attached hydrogen (secondary N) is 1. The zero-order valence-electron chi connectivity index (χ0n) is 18.4. The lowest BCUT2D eigenvalue weighted by molar-refractivity contribution is -0.121. The minimum absolute atomic E-state index is 0.0622. The summed E-state index contributed by atoms with van der Waals surface area (Å²) in [6, 6.07) is 14.4. The molecule has 0 bridgehead atoms. The summed E-state index contributed by atoms with van der Waals surface area (Å²) in [5, 5.41) is 7.11. The molecule has 1 amide bonds. The molecule has 4 rings (SSSR count). The molecule has 33 heavy (non-hydrogen) atoms. The number of rotatable bonds is 8. The highest BCUT2D eigenvalue weighted by atomic mass is 32.2. The Morgan fingerprint density at radius 1 is 1.09 bits per heavy atom. The van der Waals surface area contributed by atoms with Gasteiger partial charge in [0.1, 0.15) is 12.7 Å². The van der Waals surface area contributed by atoms with Crippen molar-refractivity contribution < 1.29 is 17.9 Å². The first kappa shape index (κ1) is 23.1.